The van der Waals surface area contributed by atoms with E-state index in [1.807, 2.05) is 6.07 Å². The number of hydrogen-bond acceptors (Lipinski definition) is 13. The number of carbonyl (C=O) groups excluding carboxylic acids is 7. The van der Waals surface area contributed by atoms with Crippen LogP contribution in [-0.2, 0) is 68.6 Å². The van der Waals surface area contributed by atoms with Crippen LogP contribution in [0, 0.1) is 18.3 Å². The molecule has 2 aliphatic rings. The van der Waals surface area contributed by atoms with Crippen LogP contribution in [0.2, 0.25) is 0 Å². The predicted octanol–water partition coefficient (Wildman–Crippen LogP) is 6.07. The number of alkyl halides is 2. The molecular formula is C50H74F2N3O13. The Morgan fingerprint density at radius 2 is 1.26 bits per heavy atom. The van der Waals surface area contributed by atoms with Gasteiger partial charge in [-0.25, -0.2) is 28.0 Å². The Kier molecular flexibility index (Phi) is 22.5. The van der Waals surface area contributed by atoms with Crippen LogP contribution in [0.1, 0.15) is 112 Å². The minimum Gasteiger partial charge on any atom is -0.458 e. The molecule has 1 saturated heterocycles. The van der Waals surface area contributed by atoms with Crippen molar-refractivity contribution in [3.05, 3.63) is 54.0 Å². The Labute approximate surface area is 400 Å². The number of benzene rings is 1. The van der Waals surface area contributed by atoms with E-state index in [1.54, 1.807) is 44.2 Å². The Bertz CT molecular complexity index is 1880. The van der Waals surface area contributed by atoms with Crippen LogP contribution < -0.4 is 0 Å². The highest BCUT2D eigenvalue weighted by Gasteiger charge is 2.43. The average molecular weight is 963 g/mol. The van der Waals surface area contributed by atoms with Crippen LogP contribution in [0.15, 0.2) is 42.0 Å². The largest absolute Gasteiger partial charge is 0.458 e. The van der Waals surface area contributed by atoms with Gasteiger partial charge in [0, 0.05) is 60.0 Å². The van der Waals surface area contributed by atoms with Crippen LogP contribution in [0.5, 0.6) is 0 Å². The van der Waals surface area contributed by atoms with Crippen LogP contribution in [0.4, 0.5) is 8.78 Å². The van der Waals surface area contributed by atoms with Crippen LogP contribution in [0.25, 0.3) is 0 Å². The van der Waals surface area contributed by atoms with Crippen LogP contribution in [-0.4, -0.2) is 152 Å². The van der Waals surface area contributed by atoms with E-state index in [4.69, 9.17) is 28.4 Å². The Hall–Kier alpha value is -4.97. The fourth-order valence-corrected chi connectivity index (χ4v) is 7.92. The third-order valence-corrected chi connectivity index (χ3v) is 11.9. The number of amides is 3. The number of esters is 4. The van der Waals surface area contributed by atoms with Gasteiger partial charge in [-0.2, -0.15) is 0 Å². The monoisotopic (exact) mass is 963 g/mol. The van der Waals surface area contributed by atoms with Gasteiger partial charge in [0.1, 0.15) is 36.1 Å². The van der Waals surface area contributed by atoms with Crippen molar-refractivity contribution in [1.29, 1.82) is 0 Å². The van der Waals surface area contributed by atoms with Gasteiger partial charge < -0.3 is 43.1 Å². The lowest BCUT2D eigenvalue weighted by Gasteiger charge is -2.35. The van der Waals surface area contributed by atoms with Gasteiger partial charge in [0.05, 0.1) is 13.2 Å². The lowest BCUT2D eigenvalue weighted by atomic mass is 9.92. The SMILES string of the molecule is C[CH]C(=O)N(C)[C@@H](CC(C)(C)F)C(=O)O[C@H](CC1CCOCC1)C(=O)N(C)[C@@H](CC(C)C)C(=O)O[C@H](C)C(=O)N(C)[C@@H](CC(C)(C)F)C(=O)O[C@H](CC1=CCOCC1)C(=O)OCc1ccccc1. The molecular weight excluding hydrogens is 889 g/mol. The fraction of sp³-hybridized carbons (Fsp3) is 0.680. The Balaban J connectivity index is 1.87. The Morgan fingerprint density at radius 1 is 0.721 bits per heavy atom. The van der Waals surface area contributed by atoms with E-state index in [1.165, 1.54) is 69.1 Å². The molecule has 0 saturated carbocycles. The summed E-state index contributed by atoms with van der Waals surface area (Å²) in [7, 11) is 3.91. The average Bonchev–Trinajstić information content (AvgIpc) is 3.29. The molecule has 1 fully saturated rings. The molecule has 3 rings (SSSR count). The maximum absolute atomic E-state index is 15.4. The van der Waals surface area contributed by atoms with Gasteiger partial charge in [0.15, 0.2) is 12.2 Å². The summed E-state index contributed by atoms with van der Waals surface area (Å²) in [6.45, 7) is 12.7. The second-order valence-corrected chi connectivity index (χ2v) is 19.4. The number of carbonyl (C=O) groups is 7. The van der Waals surface area contributed by atoms with Crippen molar-refractivity contribution in [2.24, 2.45) is 11.8 Å². The predicted molar refractivity (Wildman–Crippen MR) is 247 cm³/mol. The highest BCUT2D eigenvalue weighted by molar-refractivity contribution is 5.93. The maximum Gasteiger partial charge on any atom is 0.348 e. The second-order valence-electron chi connectivity index (χ2n) is 19.4. The standard InChI is InChI=1S/C50H74F2N3O13/c1-12-42(56)53(9)38(29-49(5,6)51)46(60)67-40(27-34-18-22-63-23-19-34)44(58)54(10)37(26-32(2)3)45(59)66-33(4)43(57)55(11)39(30-50(7,8)52)47(61)68-41(28-35-20-24-64-25-21-35)48(62)65-31-36-16-14-13-15-17-36/h12-17,20,32-34,37-41H,18-19,21-31H2,1-11H3/t33-,37+,38+,39+,40-,41-/m1/s1. The highest BCUT2D eigenvalue weighted by Crippen LogP contribution is 2.28. The molecule has 3 amide bonds. The molecule has 1 radical (unpaired) electrons. The number of ether oxygens (including phenoxy) is 6. The van der Waals surface area contributed by atoms with Crippen molar-refractivity contribution in [3.8, 4) is 0 Å². The van der Waals surface area contributed by atoms with E-state index >= 15 is 8.78 Å². The zero-order chi connectivity index (χ0) is 50.9. The molecule has 0 spiro atoms. The van der Waals surface area contributed by atoms with Gasteiger partial charge in [-0.15, -0.1) is 0 Å². The summed E-state index contributed by atoms with van der Waals surface area (Å²) in [5.74, 6) is -6.48. The molecule has 16 nitrogen and oxygen atoms in total. The summed E-state index contributed by atoms with van der Waals surface area (Å²) >= 11 is 0. The first kappa shape index (κ1) is 57.3. The zero-order valence-electron chi connectivity index (χ0n) is 41.8. The van der Waals surface area contributed by atoms with Gasteiger partial charge in [0.25, 0.3) is 11.8 Å². The Morgan fingerprint density at radius 3 is 1.79 bits per heavy atom. The van der Waals surface area contributed by atoms with Crippen molar-refractivity contribution in [3.63, 3.8) is 0 Å². The number of rotatable bonds is 25. The van der Waals surface area contributed by atoms with E-state index < -0.39 is 102 Å². The number of hydrogen-bond donors (Lipinski definition) is 0. The van der Waals surface area contributed by atoms with Crippen LogP contribution in [0.3, 0.4) is 0 Å². The van der Waals surface area contributed by atoms with Crippen LogP contribution >= 0.6 is 0 Å². The first-order valence-electron chi connectivity index (χ1n) is 23.4. The van der Waals surface area contributed by atoms with Gasteiger partial charge in [-0.05, 0) is 84.1 Å². The second kappa shape index (κ2) is 26.7. The molecule has 2 heterocycles. The summed E-state index contributed by atoms with van der Waals surface area (Å²) in [5, 5.41) is 0. The molecule has 0 unspecified atom stereocenters. The van der Waals surface area contributed by atoms with E-state index in [2.05, 4.69) is 0 Å². The van der Waals surface area contributed by atoms with Crippen molar-refractivity contribution in [2.75, 3.05) is 47.6 Å². The molecule has 0 bridgehead atoms. The van der Waals surface area contributed by atoms with Crippen molar-refractivity contribution >= 4 is 41.6 Å². The highest BCUT2D eigenvalue weighted by atomic mass is 19.1. The molecule has 0 N–H and O–H groups in total. The van der Waals surface area contributed by atoms with E-state index in [0.29, 0.717) is 51.3 Å². The minimum atomic E-state index is -2.03. The van der Waals surface area contributed by atoms with Gasteiger partial charge in [-0.1, -0.05) is 62.8 Å². The summed E-state index contributed by atoms with van der Waals surface area (Å²) in [6.07, 6.45) is -0.802. The molecule has 68 heavy (non-hydrogen) atoms. The summed E-state index contributed by atoms with van der Waals surface area (Å²) in [4.78, 5) is 99.9. The lowest BCUT2D eigenvalue weighted by molar-refractivity contribution is -0.176. The van der Waals surface area contributed by atoms with Crippen molar-refractivity contribution < 1.29 is 70.8 Å². The van der Waals surface area contributed by atoms with Gasteiger partial charge >= 0.3 is 23.9 Å². The molecule has 1 aromatic carbocycles. The molecule has 381 valence electrons. The summed E-state index contributed by atoms with van der Waals surface area (Å²) < 4.78 is 64.3. The topological polar surface area (TPSA) is 185 Å². The van der Waals surface area contributed by atoms with E-state index in [9.17, 15) is 33.6 Å². The lowest BCUT2D eigenvalue weighted by Crippen LogP contribution is -2.53. The van der Waals surface area contributed by atoms with E-state index in [0.717, 1.165) is 20.3 Å². The molecule has 0 aromatic heterocycles. The first-order chi connectivity index (χ1) is 31.8. The minimum absolute atomic E-state index is 0.0244. The summed E-state index contributed by atoms with van der Waals surface area (Å²) in [5.41, 5.74) is -2.45. The molecule has 18 heteroatoms. The first-order valence-corrected chi connectivity index (χ1v) is 23.4. The molecule has 2 aliphatic heterocycles. The quantitative estimate of drug-likeness (QED) is 0.0626. The smallest absolute Gasteiger partial charge is 0.348 e. The van der Waals surface area contributed by atoms with Gasteiger partial charge in [0.2, 0.25) is 12.0 Å². The van der Waals surface area contributed by atoms with Crippen molar-refractivity contribution in [1.82, 2.24) is 14.7 Å². The molecule has 6 atom stereocenters. The summed E-state index contributed by atoms with van der Waals surface area (Å²) in [6, 6.07) is 4.60. The maximum atomic E-state index is 15.4. The van der Waals surface area contributed by atoms with Gasteiger partial charge in [-0.3, -0.25) is 14.4 Å². The molecule has 0 aliphatic carbocycles. The normalized spacial score (nSPS) is 17.3. The number of likely N-dealkylation sites (N-methyl/N-ethyl adjacent to an activating group) is 3. The number of halogens is 2. The van der Waals surface area contributed by atoms with E-state index in [-0.39, 0.29) is 37.7 Å². The third-order valence-electron chi connectivity index (χ3n) is 11.9. The van der Waals surface area contributed by atoms with Crippen molar-refractivity contribution in [2.45, 2.75) is 161 Å². The third kappa shape index (κ3) is 18.8. The zero-order valence-corrected chi connectivity index (χ0v) is 41.8. The fourth-order valence-electron chi connectivity index (χ4n) is 7.92. The number of nitrogens with zero attached hydrogens (tertiary/aromatic N) is 3. The molecule has 1 aromatic rings.